The van der Waals surface area contributed by atoms with E-state index in [1.165, 1.54) is 55.9 Å². The zero-order valence-electron chi connectivity index (χ0n) is 41.3. The number of halogens is 5. The van der Waals surface area contributed by atoms with Gasteiger partial charge in [-0.3, -0.25) is 9.59 Å². The largest absolute Gasteiger partial charge is 0.496 e. The van der Waals surface area contributed by atoms with Gasteiger partial charge in [0.25, 0.3) is 0 Å². The maximum atomic E-state index is 15.5. The Hall–Kier alpha value is -5.45. The third-order valence-electron chi connectivity index (χ3n) is 13.0. The molecule has 2 N–H and O–H groups in total. The van der Waals surface area contributed by atoms with Crippen molar-refractivity contribution in [1.29, 1.82) is 0 Å². The lowest BCUT2D eigenvalue weighted by atomic mass is 9.98. The number of benzene rings is 4. The van der Waals surface area contributed by atoms with E-state index in [1.807, 2.05) is 27.7 Å². The highest BCUT2D eigenvalue weighted by Crippen LogP contribution is 2.38. The van der Waals surface area contributed by atoms with Crippen molar-refractivity contribution < 1.29 is 46.9 Å². The van der Waals surface area contributed by atoms with Crippen molar-refractivity contribution in [2.45, 2.75) is 98.4 Å². The fraction of sp³-hybridized carbons (Fsp3) is 0.396. The molecule has 0 bridgehead atoms. The average Bonchev–Trinajstić information content (AvgIpc) is 3.28. The standard InChI is InChI=1S/C30H38ClF2NO4Si.C23H23ClFNO5/c1-9-37-29(36)22-16-34(26(18(2)3)17-38-39(7,8)30(4,5)6)25-15-24(32)20(14-21(25)28(22)35)13-19-11-10-12-23(31)27(19)33;1-12(2)19(11-27)26-10-16(23(29)30)22(28)15-8-14(20(31-3)9-18(15)26)7-13-5-4-6-17(24)21(13)25/h10-12,14-16,18,26H,9,13,17H2,1-8H3;4-6,8-10,12,19,27H,7,11H2,1-3H3,(H,29,30)/t26-;19-/m11/s1. The van der Waals surface area contributed by atoms with Crippen LogP contribution < -0.4 is 15.6 Å². The van der Waals surface area contributed by atoms with E-state index in [2.05, 4.69) is 33.9 Å². The number of aliphatic hydroxyl groups excluding tert-OH is 1. The van der Waals surface area contributed by atoms with Gasteiger partial charge < -0.3 is 33.2 Å². The predicted octanol–water partition coefficient (Wildman–Crippen LogP) is 12.2. The van der Waals surface area contributed by atoms with E-state index in [1.54, 1.807) is 40.3 Å². The molecule has 2 atom stereocenters. The van der Waals surface area contributed by atoms with Crippen LogP contribution in [0.2, 0.25) is 28.2 Å². The summed E-state index contributed by atoms with van der Waals surface area (Å²) in [5.41, 5.74) is 0.119. The lowest BCUT2D eigenvalue weighted by Gasteiger charge is -2.38. The van der Waals surface area contributed by atoms with Gasteiger partial charge in [-0.25, -0.2) is 22.8 Å². The SMILES string of the molecule is CCOC(=O)c1cn([C@H](CO[Si](C)(C)C(C)(C)C)C(C)C)c2cc(F)c(Cc3cccc(Cl)c3F)cc2c1=O.COc1cc2c(cc1Cc1cccc(Cl)c1F)c(=O)c(C(=O)O)cn2[C@H](CO)C(C)C. The number of carbonyl (C=O) groups is 2. The van der Waals surface area contributed by atoms with Gasteiger partial charge in [0.05, 0.1) is 60.1 Å². The Labute approximate surface area is 416 Å². The van der Waals surface area contributed by atoms with Crippen LogP contribution >= 0.6 is 23.2 Å². The number of nitrogens with zero attached hydrogens (tertiary/aromatic N) is 2. The summed E-state index contributed by atoms with van der Waals surface area (Å²) in [5, 5.41) is 19.7. The molecule has 17 heteroatoms. The molecule has 0 aliphatic rings. The van der Waals surface area contributed by atoms with Crippen molar-refractivity contribution in [3.63, 3.8) is 0 Å². The molecule has 2 aromatic heterocycles. The van der Waals surface area contributed by atoms with Crippen LogP contribution in [-0.4, -0.2) is 66.5 Å². The molecule has 0 aliphatic carbocycles. The van der Waals surface area contributed by atoms with Gasteiger partial charge in [0.2, 0.25) is 10.9 Å². The smallest absolute Gasteiger partial charge is 0.343 e. The van der Waals surface area contributed by atoms with Gasteiger partial charge in [-0.15, -0.1) is 0 Å². The van der Waals surface area contributed by atoms with Crippen LogP contribution in [0, 0.1) is 29.3 Å². The summed E-state index contributed by atoms with van der Waals surface area (Å²) in [6.07, 6.45) is 2.69. The first-order valence-electron chi connectivity index (χ1n) is 22.9. The van der Waals surface area contributed by atoms with Crippen molar-refractivity contribution in [3.8, 4) is 5.75 Å². The number of fused-ring (bicyclic) bond motifs is 2. The normalized spacial score (nSPS) is 12.8. The molecule has 2 heterocycles. The number of rotatable bonds is 16. The highest BCUT2D eigenvalue weighted by Gasteiger charge is 2.38. The molecule has 70 heavy (non-hydrogen) atoms. The molecule has 0 saturated carbocycles. The van der Waals surface area contributed by atoms with Crippen LogP contribution in [0.4, 0.5) is 13.2 Å². The summed E-state index contributed by atoms with van der Waals surface area (Å²) in [5.74, 6) is -3.52. The van der Waals surface area contributed by atoms with E-state index in [9.17, 15) is 38.2 Å². The van der Waals surface area contributed by atoms with Crippen molar-refractivity contribution >= 4 is 65.3 Å². The predicted molar refractivity (Wildman–Crippen MR) is 272 cm³/mol. The van der Waals surface area contributed by atoms with Crippen molar-refractivity contribution in [3.05, 3.63) is 154 Å². The first-order valence-corrected chi connectivity index (χ1v) is 26.6. The topological polar surface area (TPSA) is 146 Å². The summed E-state index contributed by atoms with van der Waals surface area (Å²) in [7, 11) is -0.676. The minimum absolute atomic E-state index is 0.0181. The fourth-order valence-electron chi connectivity index (χ4n) is 7.86. The van der Waals surface area contributed by atoms with Gasteiger partial charge in [0.1, 0.15) is 34.3 Å². The third-order valence-corrected chi connectivity index (χ3v) is 18.1. The number of hydrogen-bond donors (Lipinski definition) is 2. The van der Waals surface area contributed by atoms with Crippen molar-refractivity contribution in [2.75, 3.05) is 26.9 Å². The van der Waals surface area contributed by atoms with E-state index in [0.717, 1.165) is 0 Å². The second kappa shape index (κ2) is 22.7. The van der Waals surface area contributed by atoms with Gasteiger partial charge >= 0.3 is 11.9 Å². The average molecular weight is 1030 g/mol. The van der Waals surface area contributed by atoms with Crippen LogP contribution in [0.3, 0.4) is 0 Å². The first kappa shape index (κ1) is 55.5. The van der Waals surface area contributed by atoms with E-state index in [-0.39, 0.29) is 86.5 Å². The number of aromatic nitrogens is 2. The second-order valence-corrected chi connectivity index (χ2v) is 25.0. The molecule has 0 spiro atoms. The van der Waals surface area contributed by atoms with Crippen molar-refractivity contribution in [1.82, 2.24) is 9.13 Å². The molecule has 0 unspecified atom stereocenters. The number of ether oxygens (including phenoxy) is 2. The van der Waals surface area contributed by atoms with E-state index < -0.39 is 60.2 Å². The zero-order chi connectivity index (χ0) is 52.2. The van der Waals surface area contributed by atoms with Gasteiger partial charge in [0, 0.05) is 42.1 Å². The quantitative estimate of drug-likeness (QED) is 0.0714. The molecular formula is C53H61Cl2F3N2O9Si. The fourth-order valence-corrected chi connectivity index (χ4v) is 9.27. The van der Waals surface area contributed by atoms with Crippen LogP contribution in [0.15, 0.2) is 82.6 Å². The molecule has 0 saturated heterocycles. The maximum absolute atomic E-state index is 15.5. The molecule has 0 radical (unpaired) electrons. The van der Waals surface area contributed by atoms with Gasteiger partial charge in [-0.2, -0.15) is 0 Å². The van der Waals surface area contributed by atoms with Crippen molar-refractivity contribution in [2.24, 2.45) is 11.8 Å². The molecule has 11 nitrogen and oxygen atoms in total. The second-order valence-electron chi connectivity index (χ2n) is 19.4. The lowest BCUT2D eigenvalue weighted by Crippen LogP contribution is -2.42. The summed E-state index contributed by atoms with van der Waals surface area (Å²) >= 11 is 11.8. The number of aliphatic hydroxyl groups is 1. The summed E-state index contributed by atoms with van der Waals surface area (Å²) in [6, 6.07) is 14.2. The van der Waals surface area contributed by atoms with Crippen LogP contribution in [0.1, 0.15) is 110 Å². The minimum atomic E-state index is -2.13. The number of hydrogen-bond acceptors (Lipinski definition) is 8. The summed E-state index contributed by atoms with van der Waals surface area (Å²) < 4.78 is 65.1. The molecule has 6 rings (SSSR count). The summed E-state index contributed by atoms with van der Waals surface area (Å²) in [6.45, 7) is 20.4. The van der Waals surface area contributed by atoms with Gasteiger partial charge in [0.15, 0.2) is 8.32 Å². The van der Waals surface area contributed by atoms with Gasteiger partial charge in [-0.1, -0.05) is 95.9 Å². The molecule has 0 fully saturated rings. The van der Waals surface area contributed by atoms with E-state index >= 15 is 4.39 Å². The molecule has 376 valence electrons. The number of aromatic carboxylic acids is 1. The van der Waals surface area contributed by atoms with E-state index in [0.29, 0.717) is 34.5 Å². The number of carboxylic acid groups (broad SMARTS) is 1. The number of esters is 1. The number of carbonyl (C=O) groups excluding carboxylic acids is 1. The van der Waals surface area contributed by atoms with Crippen LogP contribution in [-0.2, 0) is 22.0 Å². The van der Waals surface area contributed by atoms with E-state index in [4.69, 9.17) is 37.1 Å². The maximum Gasteiger partial charge on any atom is 0.343 e. The Bertz CT molecular complexity index is 3040. The third kappa shape index (κ3) is 12.0. The summed E-state index contributed by atoms with van der Waals surface area (Å²) in [4.78, 5) is 51.0. The van der Waals surface area contributed by atoms with Gasteiger partial charge in [-0.05, 0) is 89.5 Å². The van der Waals surface area contributed by atoms with Crippen LogP contribution in [0.25, 0.3) is 21.8 Å². The Morgan fingerprint density at radius 3 is 1.71 bits per heavy atom. The Kier molecular flexibility index (Phi) is 18.0. The Morgan fingerprint density at radius 1 is 0.743 bits per heavy atom. The molecular weight excluding hydrogens is 965 g/mol. The molecule has 6 aromatic rings. The Balaban J connectivity index is 0.000000267. The lowest BCUT2D eigenvalue weighted by molar-refractivity contribution is 0.0522. The first-order chi connectivity index (χ1) is 32.8. The Morgan fingerprint density at radius 2 is 1.23 bits per heavy atom. The molecule has 0 aliphatic heterocycles. The molecule has 4 aromatic carbocycles. The zero-order valence-corrected chi connectivity index (χ0v) is 43.8. The number of carboxylic acids is 1. The molecule has 0 amide bonds. The number of methoxy groups -OCH3 is 1. The van der Waals surface area contributed by atoms with Crippen LogP contribution in [0.5, 0.6) is 5.75 Å². The highest BCUT2D eigenvalue weighted by atomic mass is 35.5. The minimum Gasteiger partial charge on any atom is -0.496 e. The monoisotopic (exact) mass is 1020 g/mol. The number of pyridine rings is 2. The highest BCUT2D eigenvalue weighted by molar-refractivity contribution is 6.74.